The lowest BCUT2D eigenvalue weighted by molar-refractivity contribution is 0.229. The van der Waals surface area contributed by atoms with E-state index >= 15 is 0 Å². The molecule has 2 nitrogen and oxygen atoms in total. The largest absolute Gasteiger partial charge is 0.330 e. The minimum absolute atomic E-state index is 0.206. The van der Waals surface area contributed by atoms with Crippen LogP contribution in [0.2, 0.25) is 0 Å². The van der Waals surface area contributed by atoms with E-state index in [4.69, 9.17) is 5.73 Å². The quantitative estimate of drug-likeness (QED) is 0.632. The van der Waals surface area contributed by atoms with Crippen LogP contribution in [0.5, 0.6) is 0 Å². The maximum Gasteiger partial charge on any atom is 0.0897 e. The Kier molecular flexibility index (Phi) is 3.80. The van der Waals surface area contributed by atoms with Gasteiger partial charge in [-0.05, 0) is 44.3 Å². The molecule has 1 heterocycles. The molecular weight excluding hydrogens is 143 g/mol. The maximum atomic E-state index is 12.0. The lowest BCUT2D eigenvalue weighted by Gasteiger charge is -2.30. The van der Waals surface area contributed by atoms with Crippen LogP contribution in [0.3, 0.4) is 0 Å². The number of nitrogens with two attached hydrogens (primary N) is 1. The van der Waals surface area contributed by atoms with Crippen molar-refractivity contribution in [2.24, 2.45) is 17.6 Å². The second-order valence-corrected chi connectivity index (χ2v) is 3.23. The zero-order valence-corrected chi connectivity index (χ0v) is 6.85. The van der Waals surface area contributed by atoms with E-state index in [1.165, 1.54) is 0 Å². The van der Waals surface area contributed by atoms with E-state index in [0.717, 1.165) is 19.5 Å². The molecule has 0 saturated carbocycles. The van der Waals surface area contributed by atoms with Gasteiger partial charge in [0.05, 0.1) is 6.67 Å². The lowest BCUT2D eigenvalue weighted by Crippen LogP contribution is -2.40. The van der Waals surface area contributed by atoms with Crippen molar-refractivity contribution >= 4 is 0 Å². The molecule has 0 aromatic heterocycles. The molecule has 11 heavy (non-hydrogen) atoms. The second kappa shape index (κ2) is 4.67. The Hall–Kier alpha value is -0.150. The minimum Gasteiger partial charge on any atom is -0.330 e. The lowest BCUT2D eigenvalue weighted by atomic mass is 9.85. The van der Waals surface area contributed by atoms with E-state index in [1.807, 2.05) is 0 Å². The van der Waals surface area contributed by atoms with Gasteiger partial charge < -0.3 is 11.1 Å². The van der Waals surface area contributed by atoms with Gasteiger partial charge in [-0.2, -0.15) is 0 Å². The van der Waals surface area contributed by atoms with Crippen LogP contribution < -0.4 is 11.1 Å². The normalized spacial score (nSPS) is 32.2. The first-order valence-corrected chi connectivity index (χ1v) is 4.35. The summed E-state index contributed by atoms with van der Waals surface area (Å²) in [4.78, 5) is 0. The number of alkyl halides is 1. The molecule has 0 aromatic rings. The molecule has 1 aliphatic rings. The van der Waals surface area contributed by atoms with Crippen molar-refractivity contribution in [2.45, 2.75) is 12.8 Å². The van der Waals surface area contributed by atoms with E-state index < -0.39 is 0 Å². The van der Waals surface area contributed by atoms with Crippen LogP contribution >= 0.6 is 0 Å². The molecule has 2 unspecified atom stereocenters. The summed E-state index contributed by atoms with van der Waals surface area (Å²) < 4.78 is 12.0. The van der Waals surface area contributed by atoms with Gasteiger partial charge in [0, 0.05) is 0 Å². The standard InChI is InChI=1S/C8H17FN2/c9-3-1-8-6-11-4-2-7(8)5-10/h7-8,11H,1-6,10H2. The molecular formula is C8H17FN2. The molecule has 0 spiro atoms. The smallest absolute Gasteiger partial charge is 0.0897 e. The molecule has 66 valence electrons. The van der Waals surface area contributed by atoms with E-state index in [-0.39, 0.29) is 6.67 Å². The van der Waals surface area contributed by atoms with Crippen molar-refractivity contribution in [3.05, 3.63) is 0 Å². The summed E-state index contributed by atoms with van der Waals surface area (Å²) in [6.07, 6.45) is 1.79. The number of hydrogen-bond donors (Lipinski definition) is 2. The molecule has 0 bridgehead atoms. The molecule has 0 aromatic carbocycles. The van der Waals surface area contributed by atoms with E-state index in [2.05, 4.69) is 5.32 Å². The predicted octanol–water partition coefficient (Wildman–Crippen LogP) is 0.530. The number of piperidine rings is 1. The highest BCUT2D eigenvalue weighted by molar-refractivity contribution is 4.78. The maximum absolute atomic E-state index is 12.0. The van der Waals surface area contributed by atoms with Crippen molar-refractivity contribution in [1.82, 2.24) is 5.32 Å². The molecule has 1 aliphatic heterocycles. The molecule has 3 N–H and O–H groups in total. The minimum atomic E-state index is -0.206. The Morgan fingerprint density at radius 1 is 1.45 bits per heavy atom. The topological polar surface area (TPSA) is 38.0 Å². The summed E-state index contributed by atoms with van der Waals surface area (Å²) in [5.41, 5.74) is 5.57. The molecule has 3 heteroatoms. The average molecular weight is 160 g/mol. The van der Waals surface area contributed by atoms with Gasteiger partial charge in [-0.1, -0.05) is 0 Å². The first kappa shape index (κ1) is 8.94. The molecule has 0 amide bonds. The van der Waals surface area contributed by atoms with Crippen LogP contribution in [0.25, 0.3) is 0 Å². The summed E-state index contributed by atoms with van der Waals surface area (Å²) in [6.45, 7) is 2.51. The van der Waals surface area contributed by atoms with Gasteiger partial charge in [0.25, 0.3) is 0 Å². The third-order valence-corrected chi connectivity index (χ3v) is 2.55. The van der Waals surface area contributed by atoms with Gasteiger partial charge in [0.1, 0.15) is 0 Å². The van der Waals surface area contributed by atoms with Crippen LogP contribution in [0.4, 0.5) is 4.39 Å². The number of hydrogen-bond acceptors (Lipinski definition) is 2. The third kappa shape index (κ3) is 2.42. The van der Waals surface area contributed by atoms with E-state index in [1.54, 1.807) is 0 Å². The van der Waals surface area contributed by atoms with Gasteiger partial charge in [0.15, 0.2) is 0 Å². The summed E-state index contributed by atoms with van der Waals surface area (Å²) in [7, 11) is 0. The van der Waals surface area contributed by atoms with Crippen molar-refractivity contribution in [3.63, 3.8) is 0 Å². The number of nitrogens with one attached hydrogen (secondary N) is 1. The van der Waals surface area contributed by atoms with Crippen LogP contribution in [-0.2, 0) is 0 Å². The second-order valence-electron chi connectivity index (χ2n) is 3.23. The van der Waals surface area contributed by atoms with Gasteiger partial charge >= 0.3 is 0 Å². The fourth-order valence-corrected chi connectivity index (χ4v) is 1.77. The van der Waals surface area contributed by atoms with Gasteiger partial charge in [-0.25, -0.2) is 0 Å². The van der Waals surface area contributed by atoms with Crippen molar-refractivity contribution in [2.75, 3.05) is 26.3 Å². The zero-order valence-electron chi connectivity index (χ0n) is 6.85. The van der Waals surface area contributed by atoms with Crippen molar-refractivity contribution in [1.29, 1.82) is 0 Å². The van der Waals surface area contributed by atoms with Crippen LogP contribution in [-0.4, -0.2) is 26.3 Å². The monoisotopic (exact) mass is 160 g/mol. The van der Waals surface area contributed by atoms with Crippen molar-refractivity contribution in [3.8, 4) is 0 Å². The summed E-state index contributed by atoms with van der Waals surface area (Å²) in [5, 5.41) is 3.26. The van der Waals surface area contributed by atoms with E-state index in [0.29, 0.717) is 24.8 Å². The summed E-state index contributed by atoms with van der Waals surface area (Å²) in [5.74, 6) is 1.02. The van der Waals surface area contributed by atoms with Gasteiger partial charge in [-0.15, -0.1) is 0 Å². The van der Waals surface area contributed by atoms with Crippen LogP contribution in [0.15, 0.2) is 0 Å². The first-order valence-electron chi connectivity index (χ1n) is 4.35. The highest BCUT2D eigenvalue weighted by Crippen LogP contribution is 2.20. The summed E-state index contributed by atoms with van der Waals surface area (Å²) >= 11 is 0. The summed E-state index contributed by atoms with van der Waals surface area (Å²) in [6, 6.07) is 0. The first-order chi connectivity index (χ1) is 5.38. The van der Waals surface area contributed by atoms with Gasteiger partial charge in [0.2, 0.25) is 0 Å². The van der Waals surface area contributed by atoms with Gasteiger partial charge in [-0.3, -0.25) is 4.39 Å². The highest BCUT2D eigenvalue weighted by atomic mass is 19.1. The fraction of sp³-hybridized carbons (Fsp3) is 1.00. The molecule has 0 aliphatic carbocycles. The van der Waals surface area contributed by atoms with Crippen molar-refractivity contribution < 1.29 is 4.39 Å². The molecule has 1 fully saturated rings. The Labute approximate surface area is 67.3 Å². The Bertz CT molecular complexity index is 106. The third-order valence-electron chi connectivity index (χ3n) is 2.55. The fourth-order valence-electron chi connectivity index (χ4n) is 1.77. The SMILES string of the molecule is NCC1CCNCC1CCF. The van der Waals surface area contributed by atoms with Crippen LogP contribution in [0, 0.1) is 11.8 Å². The molecule has 1 rings (SSSR count). The Balaban J connectivity index is 2.31. The highest BCUT2D eigenvalue weighted by Gasteiger charge is 2.22. The van der Waals surface area contributed by atoms with Crippen LogP contribution in [0.1, 0.15) is 12.8 Å². The molecule has 1 saturated heterocycles. The zero-order chi connectivity index (χ0) is 8.10. The predicted molar refractivity (Wildman–Crippen MR) is 44.1 cm³/mol. The molecule has 2 atom stereocenters. The number of halogens is 1. The molecule has 0 radical (unpaired) electrons. The Morgan fingerprint density at radius 2 is 2.27 bits per heavy atom. The van der Waals surface area contributed by atoms with E-state index in [9.17, 15) is 4.39 Å². The Morgan fingerprint density at radius 3 is 2.91 bits per heavy atom. The average Bonchev–Trinajstić information content (AvgIpc) is 2.06. The number of rotatable bonds is 3.